The molecule has 0 bridgehead atoms. The molecule has 7 heteroatoms. The summed E-state index contributed by atoms with van der Waals surface area (Å²) in [6.07, 6.45) is 0. The van der Waals surface area contributed by atoms with E-state index < -0.39 is 12.4 Å². The van der Waals surface area contributed by atoms with Crippen LogP contribution >= 0.6 is 0 Å². The standard InChI is InChI=1S/C9H9BF3O2.K/c1-6-4-8-9(15-3-2-14-8)5-7(6)10(11,12)13;/h4-5H,2-3H2,1H3;/q-1;+1. The molecular formula is C9H9BF3KO2. The van der Waals surface area contributed by atoms with Crippen molar-refractivity contribution in [2.75, 3.05) is 13.2 Å². The van der Waals surface area contributed by atoms with Crippen LogP contribution in [0.3, 0.4) is 0 Å². The van der Waals surface area contributed by atoms with Gasteiger partial charge in [-0.05, 0) is 19.1 Å². The Morgan fingerprint density at radius 3 is 2.06 bits per heavy atom. The van der Waals surface area contributed by atoms with Crippen LogP contribution in [-0.2, 0) is 0 Å². The number of hydrogen-bond acceptors (Lipinski definition) is 2. The van der Waals surface area contributed by atoms with Crippen molar-refractivity contribution in [2.45, 2.75) is 6.92 Å². The van der Waals surface area contributed by atoms with Gasteiger partial charge in [-0.2, -0.15) is 0 Å². The first kappa shape index (κ1) is 14.4. The summed E-state index contributed by atoms with van der Waals surface area (Å²) in [6, 6.07) is 2.39. The van der Waals surface area contributed by atoms with Crippen molar-refractivity contribution in [1.29, 1.82) is 0 Å². The SMILES string of the molecule is Cc1cc2c(cc1[B-](F)(F)F)OCCO2.[K+]. The van der Waals surface area contributed by atoms with Crippen LogP contribution < -0.4 is 66.3 Å². The van der Waals surface area contributed by atoms with E-state index in [2.05, 4.69) is 0 Å². The summed E-state index contributed by atoms with van der Waals surface area (Å²) in [4.78, 5) is 0. The van der Waals surface area contributed by atoms with Crippen molar-refractivity contribution in [3.05, 3.63) is 17.7 Å². The third kappa shape index (κ3) is 2.95. The van der Waals surface area contributed by atoms with Crippen molar-refractivity contribution >= 4 is 12.4 Å². The normalized spacial score (nSPS) is 14.2. The number of ether oxygens (including phenoxy) is 2. The summed E-state index contributed by atoms with van der Waals surface area (Å²) in [5.41, 5.74) is -0.439. The van der Waals surface area contributed by atoms with Crippen LogP contribution in [0.1, 0.15) is 5.56 Å². The van der Waals surface area contributed by atoms with E-state index in [-0.39, 0.29) is 62.7 Å². The molecular weight excluding hydrogens is 247 g/mol. The molecule has 0 saturated carbocycles. The van der Waals surface area contributed by atoms with Gasteiger partial charge in [0, 0.05) is 0 Å². The molecule has 0 N–H and O–H groups in total. The second-order valence-corrected chi connectivity index (χ2v) is 3.43. The summed E-state index contributed by atoms with van der Waals surface area (Å²) in [6.45, 7) is -2.90. The van der Waals surface area contributed by atoms with E-state index >= 15 is 0 Å². The Morgan fingerprint density at radius 2 is 1.56 bits per heavy atom. The molecule has 0 saturated heterocycles. The smallest absolute Gasteiger partial charge is 0.486 e. The Labute approximate surface area is 134 Å². The third-order valence-electron chi connectivity index (χ3n) is 2.28. The minimum absolute atomic E-state index is 0. The van der Waals surface area contributed by atoms with Crippen molar-refractivity contribution in [3.8, 4) is 11.5 Å². The van der Waals surface area contributed by atoms with Crippen LogP contribution in [0.15, 0.2) is 12.1 Å². The molecule has 0 atom stereocenters. The average Bonchev–Trinajstić information content (AvgIpc) is 2.15. The number of aryl methyl sites for hydroxylation is 1. The fourth-order valence-corrected chi connectivity index (χ4v) is 1.56. The maximum Gasteiger partial charge on any atom is 1.00 e. The molecule has 1 heterocycles. The Hall–Kier alpha value is 0.311. The van der Waals surface area contributed by atoms with E-state index in [9.17, 15) is 12.9 Å². The van der Waals surface area contributed by atoms with Gasteiger partial charge in [-0.3, -0.25) is 0 Å². The molecule has 82 valence electrons. The molecule has 0 fully saturated rings. The topological polar surface area (TPSA) is 18.5 Å². The zero-order valence-electron chi connectivity index (χ0n) is 9.10. The molecule has 0 amide bonds. The summed E-state index contributed by atoms with van der Waals surface area (Å²) in [5, 5.41) is 0. The molecule has 2 nitrogen and oxygen atoms in total. The van der Waals surface area contributed by atoms with Crippen molar-refractivity contribution in [2.24, 2.45) is 0 Å². The molecule has 1 aliphatic heterocycles. The predicted octanol–water partition coefficient (Wildman–Crippen LogP) is -1.18. The van der Waals surface area contributed by atoms with Gasteiger partial charge in [0.25, 0.3) is 0 Å². The van der Waals surface area contributed by atoms with Gasteiger partial charge in [0.15, 0.2) is 11.5 Å². The minimum atomic E-state index is -4.99. The summed E-state index contributed by atoms with van der Waals surface area (Å²) in [7, 11) is 0. The van der Waals surface area contributed by atoms with Gasteiger partial charge in [0.1, 0.15) is 13.2 Å². The molecule has 1 aromatic carbocycles. The molecule has 0 unspecified atom stereocenters. The maximum atomic E-state index is 12.6. The largest absolute Gasteiger partial charge is 1.00 e. The monoisotopic (exact) mass is 256 g/mol. The van der Waals surface area contributed by atoms with E-state index in [0.29, 0.717) is 19.0 Å². The van der Waals surface area contributed by atoms with E-state index in [4.69, 9.17) is 9.47 Å². The van der Waals surface area contributed by atoms with Gasteiger partial charge in [0.05, 0.1) is 0 Å². The van der Waals surface area contributed by atoms with Crippen LogP contribution in [-0.4, -0.2) is 20.2 Å². The van der Waals surface area contributed by atoms with Gasteiger partial charge in [-0.15, -0.1) is 5.46 Å². The first-order chi connectivity index (χ1) is 6.98. The predicted molar refractivity (Wildman–Crippen MR) is 50.9 cm³/mol. The number of fused-ring (bicyclic) bond motifs is 1. The van der Waals surface area contributed by atoms with Crippen molar-refractivity contribution in [1.82, 2.24) is 0 Å². The van der Waals surface area contributed by atoms with E-state index in [0.717, 1.165) is 6.07 Å². The summed E-state index contributed by atoms with van der Waals surface area (Å²) in [5.74, 6) is 0.573. The molecule has 1 aromatic rings. The molecule has 1 aliphatic rings. The zero-order chi connectivity index (χ0) is 11.1. The van der Waals surface area contributed by atoms with Gasteiger partial charge < -0.3 is 22.4 Å². The Morgan fingerprint density at radius 1 is 1.06 bits per heavy atom. The molecule has 0 radical (unpaired) electrons. The molecule has 16 heavy (non-hydrogen) atoms. The van der Waals surface area contributed by atoms with Gasteiger partial charge >= 0.3 is 58.4 Å². The first-order valence-electron chi connectivity index (χ1n) is 4.58. The minimum Gasteiger partial charge on any atom is -0.486 e. The van der Waals surface area contributed by atoms with E-state index in [1.54, 1.807) is 0 Å². The van der Waals surface area contributed by atoms with Crippen LogP contribution in [0.5, 0.6) is 11.5 Å². The van der Waals surface area contributed by atoms with Gasteiger partial charge in [-0.1, -0.05) is 5.56 Å². The van der Waals surface area contributed by atoms with Crippen molar-refractivity contribution in [3.63, 3.8) is 0 Å². The second kappa shape index (κ2) is 5.31. The molecule has 2 rings (SSSR count). The fraction of sp³-hybridized carbons (Fsp3) is 0.333. The van der Waals surface area contributed by atoms with E-state index in [1.807, 2.05) is 0 Å². The number of halogens is 3. The third-order valence-corrected chi connectivity index (χ3v) is 2.28. The number of rotatable bonds is 1. The van der Waals surface area contributed by atoms with Crippen LogP contribution in [0, 0.1) is 6.92 Å². The maximum absolute atomic E-state index is 12.6. The van der Waals surface area contributed by atoms with Crippen molar-refractivity contribution < 1.29 is 73.8 Å². The van der Waals surface area contributed by atoms with Crippen LogP contribution in [0.4, 0.5) is 12.9 Å². The van der Waals surface area contributed by atoms with Gasteiger partial charge in [0.2, 0.25) is 0 Å². The Kier molecular flexibility index (Phi) is 4.77. The Bertz CT molecular complexity index is 395. The van der Waals surface area contributed by atoms with Crippen LogP contribution in [0.2, 0.25) is 0 Å². The van der Waals surface area contributed by atoms with E-state index in [1.165, 1.54) is 13.0 Å². The second-order valence-electron chi connectivity index (χ2n) is 3.43. The quantitative estimate of drug-likeness (QED) is 0.589. The number of benzene rings is 1. The average molecular weight is 256 g/mol. The zero-order valence-corrected chi connectivity index (χ0v) is 12.2. The van der Waals surface area contributed by atoms with Crippen LogP contribution in [0.25, 0.3) is 0 Å². The summed E-state index contributed by atoms with van der Waals surface area (Å²) < 4.78 is 48.0. The molecule has 0 aromatic heterocycles. The molecule has 0 spiro atoms. The molecule has 0 aliphatic carbocycles. The fourth-order valence-electron chi connectivity index (χ4n) is 1.56. The van der Waals surface area contributed by atoms with Gasteiger partial charge in [-0.25, -0.2) is 0 Å². The Balaban J connectivity index is 0.00000128. The first-order valence-corrected chi connectivity index (χ1v) is 4.58. The number of hydrogen-bond donors (Lipinski definition) is 0. The summed E-state index contributed by atoms with van der Waals surface area (Å²) >= 11 is 0.